The van der Waals surface area contributed by atoms with E-state index in [1.165, 1.54) is 0 Å². The van der Waals surface area contributed by atoms with E-state index in [9.17, 15) is 4.79 Å². The first-order valence-corrected chi connectivity index (χ1v) is 8.89. The maximum absolute atomic E-state index is 12.7. The van der Waals surface area contributed by atoms with Gasteiger partial charge in [-0.2, -0.15) is 4.98 Å². The van der Waals surface area contributed by atoms with Gasteiger partial charge in [-0.3, -0.25) is 9.78 Å². The minimum absolute atomic E-state index is 0.0752. The topological polar surface area (TPSA) is 72.1 Å². The lowest BCUT2D eigenvalue weighted by Gasteiger charge is -2.24. The Hall–Kier alpha value is -3.02. The summed E-state index contributed by atoms with van der Waals surface area (Å²) in [6.07, 6.45) is 4.55. The highest BCUT2D eigenvalue weighted by molar-refractivity contribution is 5.77. The molecule has 3 aromatic rings. The van der Waals surface area contributed by atoms with Crippen LogP contribution in [0.15, 0.2) is 59.3 Å². The maximum Gasteiger partial charge on any atom is 0.227 e. The predicted molar refractivity (Wildman–Crippen MR) is 96.0 cm³/mol. The molecule has 0 N–H and O–H groups in total. The lowest BCUT2D eigenvalue weighted by Crippen LogP contribution is -2.31. The molecule has 0 saturated carbocycles. The van der Waals surface area contributed by atoms with Crippen molar-refractivity contribution in [2.45, 2.75) is 31.7 Å². The molecule has 0 aliphatic carbocycles. The number of amides is 1. The van der Waals surface area contributed by atoms with Gasteiger partial charge in [0.25, 0.3) is 0 Å². The van der Waals surface area contributed by atoms with Crippen molar-refractivity contribution in [2.75, 3.05) is 6.54 Å². The molecule has 1 amide bonds. The summed E-state index contributed by atoms with van der Waals surface area (Å²) in [7, 11) is 0. The molecule has 6 heteroatoms. The molecule has 1 aromatic carbocycles. The first-order chi connectivity index (χ1) is 12.8. The monoisotopic (exact) mass is 348 g/mol. The van der Waals surface area contributed by atoms with Crippen molar-refractivity contribution in [3.05, 3.63) is 66.3 Å². The van der Waals surface area contributed by atoms with E-state index < -0.39 is 0 Å². The quantitative estimate of drug-likeness (QED) is 0.706. The predicted octanol–water partition coefficient (Wildman–Crippen LogP) is 3.43. The molecule has 0 spiro atoms. The Morgan fingerprint density at radius 3 is 2.81 bits per heavy atom. The second-order valence-corrected chi connectivity index (χ2v) is 6.38. The van der Waals surface area contributed by atoms with Gasteiger partial charge in [0.15, 0.2) is 0 Å². The summed E-state index contributed by atoms with van der Waals surface area (Å²) in [6, 6.07) is 15.6. The van der Waals surface area contributed by atoms with E-state index in [0.717, 1.165) is 30.6 Å². The molecule has 4 rings (SSSR count). The van der Waals surface area contributed by atoms with Crippen molar-refractivity contribution in [2.24, 2.45) is 0 Å². The number of nitrogens with zero attached hydrogens (tertiary/aromatic N) is 4. The van der Waals surface area contributed by atoms with Crippen molar-refractivity contribution in [3.63, 3.8) is 0 Å². The lowest BCUT2D eigenvalue weighted by molar-refractivity contribution is -0.132. The van der Waals surface area contributed by atoms with Crippen LogP contribution < -0.4 is 0 Å². The van der Waals surface area contributed by atoms with E-state index in [4.69, 9.17) is 4.52 Å². The minimum Gasteiger partial charge on any atom is -0.339 e. The number of hydrogen-bond donors (Lipinski definition) is 0. The van der Waals surface area contributed by atoms with Crippen LogP contribution in [0.5, 0.6) is 0 Å². The Morgan fingerprint density at radius 1 is 1.15 bits per heavy atom. The molecule has 1 saturated heterocycles. The van der Waals surface area contributed by atoms with Crippen molar-refractivity contribution >= 4 is 5.91 Å². The van der Waals surface area contributed by atoms with Gasteiger partial charge < -0.3 is 9.42 Å². The Balaban J connectivity index is 1.39. The van der Waals surface area contributed by atoms with E-state index >= 15 is 0 Å². The Morgan fingerprint density at radius 2 is 2.00 bits per heavy atom. The fourth-order valence-electron chi connectivity index (χ4n) is 3.36. The maximum atomic E-state index is 12.7. The fraction of sp³-hybridized carbons (Fsp3) is 0.300. The van der Waals surface area contributed by atoms with Gasteiger partial charge in [-0.05, 0) is 25.0 Å². The largest absolute Gasteiger partial charge is 0.339 e. The van der Waals surface area contributed by atoms with Crippen molar-refractivity contribution < 1.29 is 9.32 Å². The number of carbonyl (C=O) groups excluding carboxylic acids is 1. The third-order valence-corrected chi connectivity index (χ3v) is 4.66. The average molecular weight is 348 g/mol. The fourth-order valence-corrected chi connectivity index (χ4v) is 3.36. The summed E-state index contributed by atoms with van der Waals surface area (Å²) in [5.74, 6) is 1.16. The molecule has 1 aliphatic rings. The zero-order valence-electron chi connectivity index (χ0n) is 14.4. The number of likely N-dealkylation sites (tertiary alicyclic amines) is 1. The molecular formula is C20H20N4O2. The SMILES string of the molecule is O=C(CCc1nc(-c2ccccc2)no1)N1CCC[C@@H]1c1ccccn1. The number of benzene rings is 1. The van der Waals surface area contributed by atoms with Crippen LogP contribution in [0.4, 0.5) is 0 Å². The minimum atomic E-state index is 0.0752. The lowest BCUT2D eigenvalue weighted by atomic mass is 10.1. The van der Waals surface area contributed by atoms with Crippen molar-refractivity contribution in [3.8, 4) is 11.4 Å². The summed E-state index contributed by atoms with van der Waals surface area (Å²) < 4.78 is 5.30. The molecule has 6 nitrogen and oxygen atoms in total. The van der Waals surface area contributed by atoms with Crippen LogP contribution in [0, 0.1) is 0 Å². The first kappa shape index (κ1) is 16.4. The van der Waals surface area contributed by atoms with Crippen molar-refractivity contribution in [1.29, 1.82) is 0 Å². The Kier molecular flexibility index (Phi) is 4.73. The smallest absolute Gasteiger partial charge is 0.227 e. The number of rotatable bonds is 5. The van der Waals surface area contributed by atoms with Gasteiger partial charge in [-0.25, -0.2) is 0 Å². The summed E-state index contributed by atoms with van der Waals surface area (Å²) in [5.41, 5.74) is 1.87. The molecule has 132 valence electrons. The van der Waals surface area contributed by atoms with Crippen LogP contribution in [0.3, 0.4) is 0 Å². The summed E-state index contributed by atoms with van der Waals surface area (Å²) >= 11 is 0. The molecule has 1 atom stereocenters. The van der Waals surface area contributed by atoms with Gasteiger partial charge in [-0.15, -0.1) is 0 Å². The highest BCUT2D eigenvalue weighted by atomic mass is 16.5. The number of hydrogen-bond acceptors (Lipinski definition) is 5. The first-order valence-electron chi connectivity index (χ1n) is 8.89. The van der Waals surface area contributed by atoms with Crippen LogP contribution in [-0.4, -0.2) is 32.5 Å². The molecule has 3 heterocycles. The molecular weight excluding hydrogens is 328 g/mol. The molecule has 26 heavy (non-hydrogen) atoms. The van der Waals surface area contributed by atoms with E-state index in [-0.39, 0.29) is 11.9 Å². The second kappa shape index (κ2) is 7.47. The zero-order chi connectivity index (χ0) is 17.8. The van der Waals surface area contributed by atoms with E-state index in [1.807, 2.05) is 53.4 Å². The normalized spacial score (nSPS) is 16.8. The zero-order valence-corrected chi connectivity index (χ0v) is 14.4. The van der Waals surface area contributed by atoms with Crippen LogP contribution in [0.25, 0.3) is 11.4 Å². The second-order valence-electron chi connectivity index (χ2n) is 6.38. The van der Waals surface area contributed by atoms with E-state index in [1.54, 1.807) is 6.20 Å². The van der Waals surface area contributed by atoms with Crippen LogP contribution in [0.1, 0.15) is 36.9 Å². The number of pyridine rings is 1. The molecule has 0 bridgehead atoms. The van der Waals surface area contributed by atoms with E-state index in [2.05, 4.69) is 15.1 Å². The van der Waals surface area contributed by atoms with Gasteiger partial charge in [0.1, 0.15) is 0 Å². The summed E-state index contributed by atoms with van der Waals surface area (Å²) in [5, 5.41) is 4.00. The van der Waals surface area contributed by atoms with Gasteiger partial charge >= 0.3 is 0 Å². The van der Waals surface area contributed by atoms with Gasteiger partial charge in [-0.1, -0.05) is 41.6 Å². The highest BCUT2D eigenvalue weighted by Crippen LogP contribution is 2.31. The van der Waals surface area contributed by atoms with Crippen LogP contribution in [0.2, 0.25) is 0 Å². The third kappa shape index (κ3) is 3.49. The Bertz CT molecular complexity index is 864. The van der Waals surface area contributed by atoms with Crippen LogP contribution in [-0.2, 0) is 11.2 Å². The Labute approximate surface area is 151 Å². The molecule has 1 fully saturated rings. The molecule has 0 radical (unpaired) electrons. The molecule has 1 aliphatic heterocycles. The average Bonchev–Trinajstić information content (AvgIpc) is 3.37. The highest BCUT2D eigenvalue weighted by Gasteiger charge is 2.30. The summed E-state index contributed by atoms with van der Waals surface area (Å²) in [6.45, 7) is 0.777. The van der Waals surface area contributed by atoms with Gasteiger partial charge in [0, 0.05) is 31.1 Å². The number of aromatic nitrogens is 3. The standard InChI is InChI=1S/C20H20N4O2/c25-19(24-14-6-10-17(24)16-9-4-5-13-21-16)12-11-18-22-20(23-26-18)15-7-2-1-3-8-15/h1-5,7-9,13,17H,6,10-12,14H2/t17-/m1/s1. The van der Waals surface area contributed by atoms with E-state index in [0.29, 0.717) is 24.6 Å². The third-order valence-electron chi connectivity index (χ3n) is 4.66. The van der Waals surface area contributed by atoms with Gasteiger partial charge in [0.2, 0.25) is 17.6 Å². The molecule has 2 aromatic heterocycles. The van der Waals surface area contributed by atoms with Gasteiger partial charge in [0.05, 0.1) is 11.7 Å². The number of carbonyl (C=O) groups is 1. The number of aryl methyl sites for hydroxylation is 1. The molecule has 0 unspecified atom stereocenters. The summed E-state index contributed by atoms with van der Waals surface area (Å²) in [4.78, 5) is 23.4. The van der Waals surface area contributed by atoms with Crippen molar-refractivity contribution in [1.82, 2.24) is 20.0 Å². The van der Waals surface area contributed by atoms with Crippen LogP contribution >= 0.6 is 0 Å².